The first-order valence-corrected chi connectivity index (χ1v) is 9.51. The molecule has 6 unspecified atom stereocenters. The molecule has 0 amide bonds. The molecule has 3 saturated carbocycles. The molecule has 4 aliphatic carbocycles. The molecule has 128 valence electrons. The number of nitrogens with zero attached hydrogens (tertiary/aromatic N) is 1. The molecule has 0 spiro atoms. The minimum Gasteiger partial charge on any atom is -0.299 e. The number of ketones is 2. The van der Waals surface area contributed by atoms with Gasteiger partial charge in [-0.3, -0.25) is 9.59 Å². The van der Waals surface area contributed by atoms with E-state index < -0.39 is 5.41 Å². The molecule has 0 aromatic heterocycles. The van der Waals surface area contributed by atoms with Crippen molar-refractivity contribution >= 4 is 11.6 Å². The van der Waals surface area contributed by atoms with Gasteiger partial charge in [-0.2, -0.15) is 5.26 Å². The quantitative estimate of drug-likeness (QED) is 0.674. The number of carbonyl (C=O) groups excluding carboxylic acids is 2. The third kappa shape index (κ3) is 1.89. The minimum atomic E-state index is -0.456. The van der Waals surface area contributed by atoms with E-state index in [2.05, 4.69) is 13.0 Å². The number of Topliss-reactive ketones (excluding diaryl/α,β-unsaturated/α-hetero) is 2. The van der Waals surface area contributed by atoms with Crippen molar-refractivity contribution in [3.63, 3.8) is 0 Å². The van der Waals surface area contributed by atoms with Gasteiger partial charge < -0.3 is 0 Å². The Balaban J connectivity index is 1.77. The molecule has 0 radical (unpaired) electrons. The van der Waals surface area contributed by atoms with Crippen LogP contribution < -0.4 is 0 Å². The van der Waals surface area contributed by atoms with Gasteiger partial charge in [-0.1, -0.05) is 26.8 Å². The molecule has 0 bridgehead atoms. The monoisotopic (exact) mass is 325 g/mol. The van der Waals surface area contributed by atoms with E-state index in [0.29, 0.717) is 40.9 Å². The van der Waals surface area contributed by atoms with E-state index in [0.717, 1.165) is 38.5 Å². The van der Waals surface area contributed by atoms with Crippen LogP contribution in [0.4, 0.5) is 0 Å². The topological polar surface area (TPSA) is 57.9 Å². The zero-order chi connectivity index (χ0) is 17.3. The molecule has 0 N–H and O–H groups in total. The second-order valence-corrected chi connectivity index (χ2v) is 9.34. The van der Waals surface area contributed by atoms with Crippen LogP contribution in [0.3, 0.4) is 0 Å². The van der Waals surface area contributed by atoms with Crippen LogP contribution in [0.5, 0.6) is 0 Å². The maximum atomic E-state index is 12.7. The third-order valence-corrected chi connectivity index (χ3v) is 8.13. The van der Waals surface area contributed by atoms with Gasteiger partial charge >= 0.3 is 0 Å². The van der Waals surface area contributed by atoms with E-state index in [1.54, 1.807) is 0 Å². The average molecular weight is 325 g/mol. The summed E-state index contributed by atoms with van der Waals surface area (Å²) >= 11 is 0. The minimum absolute atomic E-state index is 0.0238. The summed E-state index contributed by atoms with van der Waals surface area (Å²) in [6, 6.07) is 2.17. The van der Waals surface area contributed by atoms with Gasteiger partial charge in [-0.05, 0) is 61.2 Å². The van der Waals surface area contributed by atoms with Crippen molar-refractivity contribution in [3.8, 4) is 6.07 Å². The lowest BCUT2D eigenvalue weighted by Crippen LogP contribution is -2.56. The predicted molar refractivity (Wildman–Crippen MR) is 90.8 cm³/mol. The van der Waals surface area contributed by atoms with Crippen molar-refractivity contribution < 1.29 is 9.59 Å². The lowest BCUT2D eigenvalue weighted by molar-refractivity contribution is -0.139. The first kappa shape index (κ1) is 16.1. The molecule has 0 aromatic carbocycles. The van der Waals surface area contributed by atoms with E-state index in [-0.39, 0.29) is 11.2 Å². The molecule has 24 heavy (non-hydrogen) atoms. The highest BCUT2D eigenvalue weighted by Crippen LogP contribution is 2.64. The summed E-state index contributed by atoms with van der Waals surface area (Å²) in [5.74, 6) is 2.77. The Labute approximate surface area is 144 Å². The molecule has 3 fully saturated rings. The predicted octanol–water partition coefficient (Wildman–Crippen LogP) is 4.08. The SMILES string of the molecule is CC1(C)C(=O)C(C#N)=CC2(C)C3CCC4C(=O)CCC4C3CCC12. The van der Waals surface area contributed by atoms with Gasteiger partial charge in [0.1, 0.15) is 11.9 Å². The first-order valence-electron chi connectivity index (χ1n) is 9.51. The molecule has 0 saturated heterocycles. The van der Waals surface area contributed by atoms with Crippen LogP contribution in [0, 0.1) is 51.8 Å². The summed E-state index contributed by atoms with van der Waals surface area (Å²) in [4.78, 5) is 24.9. The molecule has 0 aromatic rings. The second kappa shape index (κ2) is 5.04. The summed E-state index contributed by atoms with van der Waals surface area (Å²) in [6.07, 6.45) is 8.12. The number of allylic oxidation sites excluding steroid dienone is 2. The van der Waals surface area contributed by atoms with Gasteiger partial charge in [0.2, 0.25) is 0 Å². The number of hydrogen-bond donors (Lipinski definition) is 0. The molecule has 3 heteroatoms. The van der Waals surface area contributed by atoms with E-state index in [4.69, 9.17) is 0 Å². The lowest BCUT2D eigenvalue weighted by atomic mass is 9.44. The highest BCUT2D eigenvalue weighted by Gasteiger charge is 2.60. The highest BCUT2D eigenvalue weighted by molar-refractivity contribution is 6.04. The van der Waals surface area contributed by atoms with Crippen LogP contribution in [-0.4, -0.2) is 11.6 Å². The van der Waals surface area contributed by atoms with Crippen molar-refractivity contribution in [1.82, 2.24) is 0 Å². The fraction of sp³-hybridized carbons (Fsp3) is 0.762. The number of nitriles is 1. The Hall–Kier alpha value is -1.43. The van der Waals surface area contributed by atoms with Gasteiger partial charge in [0.25, 0.3) is 0 Å². The summed E-state index contributed by atoms with van der Waals surface area (Å²) in [5, 5.41) is 9.50. The fourth-order valence-electron chi connectivity index (χ4n) is 7.12. The van der Waals surface area contributed by atoms with Gasteiger partial charge in [0.15, 0.2) is 5.78 Å². The third-order valence-electron chi connectivity index (χ3n) is 8.13. The van der Waals surface area contributed by atoms with Crippen LogP contribution >= 0.6 is 0 Å². The zero-order valence-electron chi connectivity index (χ0n) is 15.0. The van der Waals surface area contributed by atoms with Crippen LogP contribution in [0.15, 0.2) is 11.6 Å². The standard InChI is InChI=1S/C21H27NO2/c1-20(2)18-9-6-14-13-5-8-17(23)15(13)4-7-16(14)21(18,3)10-12(11-22)19(20)24/h10,13-16,18H,4-9H2,1-3H3. The van der Waals surface area contributed by atoms with Crippen LogP contribution in [0.2, 0.25) is 0 Å². The smallest absolute Gasteiger partial charge is 0.178 e. The lowest BCUT2D eigenvalue weighted by Gasteiger charge is -2.59. The number of carbonyl (C=O) groups is 2. The highest BCUT2D eigenvalue weighted by atomic mass is 16.1. The van der Waals surface area contributed by atoms with Gasteiger partial charge in [0, 0.05) is 17.8 Å². The zero-order valence-corrected chi connectivity index (χ0v) is 15.0. The van der Waals surface area contributed by atoms with Crippen LogP contribution in [-0.2, 0) is 9.59 Å². The van der Waals surface area contributed by atoms with Crippen molar-refractivity contribution in [1.29, 1.82) is 5.26 Å². The Kier molecular flexibility index (Phi) is 3.37. The van der Waals surface area contributed by atoms with Crippen molar-refractivity contribution in [2.45, 2.75) is 59.3 Å². The Morgan fingerprint density at radius 3 is 2.50 bits per heavy atom. The van der Waals surface area contributed by atoms with Gasteiger partial charge in [0.05, 0.1) is 5.57 Å². The van der Waals surface area contributed by atoms with Crippen molar-refractivity contribution in [3.05, 3.63) is 11.6 Å². The molecule has 6 atom stereocenters. The van der Waals surface area contributed by atoms with Crippen molar-refractivity contribution in [2.75, 3.05) is 0 Å². The van der Waals surface area contributed by atoms with Crippen LogP contribution in [0.25, 0.3) is 0 Å². The molecule has 0 heterocycles. The summed E-state index contributed by atoms with van der Waals surface area (Å²) in [7, 11) is 0. The summed E-state index contributed by atoms with van der Waals surface area (Å²) in [6.45, 7) is 6.36. The van der Waals surface area contributed by atoms with E-state index >= 15 is 0 Å². The molecule has 0 aliphatic heterocycles. The molecule has 4 rings (SSSR count). The van der Waals surface area contributed by atoms with Gasteiger partial charge in [-0.25, -0.2) is 0 Å². The molecule has 3 nitrogen and oxygen atoms in total. The summed E-state index contributed by atoms with van der Waals surface area (Å²) in [5.41, 5.74) is -0.173. The Morgan fingerprint density at radius 1 is 1.04 bits per heavy atom. The Morgan fingerprint density at radius 2 is 1.79 bits per heavy atom. The summed E-state index contributed by atoms with van der Waals surface area (Å²) < 4.78 is 0. The van der Waals surface area contributed by atoms with Crippen molar-refractivity contribution in [2.24, 2.45) is 40.4 Å². The number of hydrogen-bond acceptors (Lipinski definition) is 3. The molecular weight excluding hydrogens is 298 g/mol. The fourth-order valence-corrected chi connectivity index (χ4v) is 7.12. The Bertz CT molecular complexity index is 682. The normalized spacial score (nSPS) is 46.4. The molecular formula is C21H27NO2. The largest absolute Gasteiger partial charge is 0.299 e. The number of rotatable bonds is 0. The maximum Gasteiger partial charge on any atom is 0.178 e. The van der Waals surface area contributed by atoms with Crippen LogP contribution in [0.1, 0.15) is 59.3 Å². The molecule has 4 aliphatic rings. The second-order valence-electron chi connectivity index (χ2n) is 9.34. The van der Waals surface area contributed by atoms with E-state index in [9.17, 15) is 14.9 Å². The maximum absolute atomic E-state index is 12.7. The van der Waals surface area contributed by atoms with E-state index in [1.165, 1.54) is 0 Å². The van der Waals surface area contributed by atoms with Gasteiger partial charge in [-0.15, -0.1) is 0 Å². The number of fused-ring (bicyclic) bond motifs is 5. The van der Waals surface area contributed by atoms with E-state index in [1.807, 2.05) is 19.9 Å². The average Bonchev–Trinajstić information content (AvgIpc) is 2.93. The first-order chi connectivity index (χ1) is 11.3.